The van der Waals surface area contributed by atoms with E-state index in [0.29, 0.717) is 17.3 Å². The SMILES string of the molecule is CCC1CCC(N(C)c2ccc(C(=O)NC)cc2N)CC1. The lowest BCUT2D eigenvalue weighted by molar-refractivity contribution is 0.0963. The van der Waals surface area contributed by atoms with Gasteiger partial charge in [0, 0.05) is 25.7 Å². The molecular formula is C17H27N3O. The number of nitrogens with zero attached hydrogens (tertiary/aromatic N) is 1. The molecule has 1 amide bonds. The minimum absolute atomic E-state index is 0.0978. The number of carbonyl (C=O) groups excluding carboxylic acids is 1. The number of anilines is 2. The molecule has 0 spiro atoms. The highest BCUT2D eigenvalue weighted by molar-refractivity contribution is 5.96. The highest BCUT2D eigenvalue weighted by Crippen LogP contribution is 2.33. The normalized spacial score (nSPS) is 21.9. The molecule has 1 aromatic rings. The molecule has 0 aromatic heterocycles. The Morgan fingerprint density at radius 1 is 1.33 bits per heavy atom. The summed E-state index contributed by atoms with van der Waals surface area (Å²) < 4.78 is 0. The third kappa shape index (κ3) is 3.49. The summed E-state index contributed by atoms with van der Waals surface area (Å²) in [5.41, 5.74) is 8.47. The highest BCUT2D eigenvalue weighted by atomic mass is 16.1. The summed E-state index contributed by atoms with van der Waals surface area (Å²) in [6, 6.07) is 6.13. The van der Waals surface area contributed by atoms with Crippen LogP contribution in [0.15, 0.2) is 18.2 Å². The van der Waals surface area contributed by atoms with Crippen molar-refractivity contribution in [1.82, 2.24) is 5.32 Å². The van der Waals surface area contributed by atoms with Crippen LogP contribution < -0.4 is 16.0 Å². The van der Waals surface area contributed by atoms with Gasteiger partial charge in [0.15, 0.2) is 0 Å². The smallest absolute Gasteiger partial charge is 0.251 e. The summed E-state index contributed by atoms with van der Waals surface area (Å²) in [6.07, 6.45) is 6.36. The Hall–Kier alpha value is -1.71. The Bertz CT molecular complexity index is 493. The maximum atomic E-state index is 11.6. The lowest BCUT2D eigenvalue weighted by Gasteiger charge is -2.36. The van der Waals surface area contributed by atoms with Crippen molar-refractivity contribution in [2.24, 2.45) is 5.92 Å². The molecule has 116 valence electrons. The third-order valence-corrected chi connectivity index (χ3v) is 4.84. The second-order valence-corrected chi connectivity index (χ2v) is 6.05. The quantitative estimate of drug-likeness (QED) is 0.838. The molecule has 1 aliphatic rings. The minimum atomic E-state index is -0.0978. The van der Waals surface area contributed by atoms with Crippen LogP contribution in [-0.4, -0.2) is 26.0 Å². The van der Waals surface area contributed by atoms with Crippen LogP contribution in [0.3, 0.4) is 0 Å². The van der Waals surface area contributed by atoms with Crippen molar-refractivity contribution in [3.8, 4) is 0 Å². The lowest BCUT2D eigenvalue weighted by Crippen LogP contribution is -2.35. The van der Waals surface area contributed by atoms with Gasteiger partial charge in [-0.3, -0.25) is 4.79 Å². The van der Waals surface area contributed by atoms with Crippen molar-refractivity contribution < 1.29 is 4.79 Å². The second kappa shape index (κ2) is 6.83. The molecule has 0 radical (unpaired) electrons. The van der Waals surface area contributed by atoms with Gasteiger partial charge in [-0.2, -0.15) is 0 Å². The molecule has 1 aromatic carbocycles. The average molecular weight is 289 g/mol. The van der Waals surface area contributed by atoms with E-state index in [2.05, 4.69) is 24.2 Å². The molecule has 4 nitrogen and oxygen atoms in total. The van der Waals surface area contributed by atoms with Gasteiger partial charge in [0.1, 0.15) is 0 Å². The molecule has 21 heavy (non-hydrogen) atoms. The standard InChI is InChI=1S/C17H27N3O/c1-4-12-5-8-14(9-6-12)20(3)16-10-7-13(11-15(16)18)17(21)19-2/h7,10-12,14H,4-6,8-9,18H2,1-3H3,(H,19,21). The fourth-order valence-electron chi connectivity index (χ4n) is 3.30. The highest BCUT2D eigenvalue weighted by Gasteiger charge is 2.24. The first-order chi connectivity index (χ1) is 10.1. The second-order valence-electron chi connectivity index (χ2n) is 6.05. The molecule has 0 unspecified atom stereocenters. The maximum absolute atomic E-state index is 11.6. The first kappa shape index (κ1) is 15.7. The van der Waals surface area contributed by atoms with Gasteiger partial charge >= 0.3 is 0 Å². The van der Waals surface area contributed by atoms with Crippen LogP contribution >= 0.6 is 0 Å². The maximum Gasteiger partial charge on any atom is 0.251 e. The summed E-state index contributed by atoms with van der Waals surface area (Å²) in [4.78, 5) is 13.9. The van der Waals surface area contributed by atoms with E-state index in [1.807, 2.05) is 12.1 Å². The van der Waals surface area contributed by atoms with Crippen LogP contribution in [0.25, 0.3) is 0 Å². The molecule has 3 N–H and O–H groups in total. The van der Waals surface area contributed by atoms with E-state index in [4.69, 9.17) is 5.73 Å². The van der Waals surface area contributed by atoms with E-state index in [-0.39, 0.29) is 5.91 Å². The molecule has 4 heteroatoms. The number of nitrogen functional groups attached to an aromatic ring is 1. The predicted molar refractivity (Wildman–Crippen MR) is 88.7 cm³/mol. The Balaban J connectivity index is 2.09. The van der Waals surface area contributed by atoms with E-state index in [0.717, 1.165) is 11.6 Å². The molecule has 1 aliphatic carbocycles. The molecule has 0 saturated heterocycles. The van der Waals surface area contributed by atoms with E-state index in [1.165, 1.54) is 32.1 Å². The molecule has 1 saturated carbocycles. The molecule has 2 rings (SSSR count). The van der Waals surface area contributed by atoms with Gasteiger partial charge in [0.05, 0.1) is 11.4 Å². The van der Waals surface area contributed by atoms with Crippen LogP contribution in [0.1, 0.15) is 49.4 Å². The molecule has 0 heterocycles. The van der Waals surface area contributed by atoms with Crippen molar-refractivity contribution in [3.05, 3.63) is 23.8 Å². The van der Waals surface area contributed by atoms with Crippen molar-refractivity contribution in [3.63, 3.8) is 0 Å². The average Bonchev–Trinajstić information content (AvgIpc) is 2.53. The Morgan fingerprint density at radius 2 is 2.00 bits per heavy atom. The Labute approximate surface area is 127 Å². The van der Waals surface area contributed by atoms with Gasteiger partial charge in [0.2, 0.25) is 0 Å². The third-order valence-electron chi connectivity index (χ3n) is 4.84. The topological polar surface area (TPSA) is 58.4 Å². The first-order valence-electron chi connectivity index (χ1n) is 7.91. The van der Waals surface area contributed by atoms with E-state index < -0.39 is 0 Å². The first-order valence-corrected chi connectivity index (χ1v) is 7.91. The summed E-state index contributed by atoms with van der Waals surface area (Å²) >= 11 is 0. The molecule has 0 bridgehead atoms. The van der Waals surface area contributed by atoms with E-state index in [1.54, 1.807) is 13.1 Å². The van der Waals surface area contributed by atoms with Gasteiger partial charge in [-0.1, -0.05) is 13.3 Å². The van der Waals surface area contributed by atoms with E-state index in [9.17, 15) is 4.79 Å². The summed E-state index contributed by atoms with van der Waals surface area (Å²) in [5.74, 6) is 0.794. The number of carbonyl (C=O) groups is 1. The lowest BCUT2D eigenvalue weighted by atomic mass is 9.84. The molecule has 0 aliphatic heterocycles. The monoisotopic (exact) mass is 289 g/mol. The van der Waals surface area contributed by atoms with Gasteiger partial charge in [0.25, 0.3) is 5.91 Å². The van der Waals surface area contributed by atoms with E-state index >= 15 is 0 Å². The Morgan fingerprint density at radius 3 is 2.52 bits per heavy atom. The van der Waals surface area contributed by atoms with Gasteiger partial charge < -0.3 is 16.0 Å². The number of nitrogens with one attached hydrogen (secondary N) is 1. The van der Waals surface area contributed by atoms with Crippen LogP contribution in [0, 0.1) is 5.92 Å². The molecular weight excluding hydrogens is 262 g/mol. The largest absolute Gasteiger partial charge is 0.397 e. The van der Waals surface area contributed by atoms with Gasteiger partial charge in [-0.25, -0.2) is 0 Å². The van der Waals surface area contributed by atoms with Gasteiger partial charge in [-0.05, 0) is 49.8 Å². The summed E-state index contributed by atoms with van der Waals surface area (Å²) in [6.45, 7) is 2.28. The number of hydrogen-bond acceptors (Lipinski definition) is 3. The number of hydrogen-bond donors (Lipinski definition) is 2. The minimum Gasteiger partial charge on any atom is -0.397 e. The summed E-state index contributed by atoms with van der Waals surface area (Å²) in [7, 11) is 3.74. The fourth-order valence-corrected chi connectivity index (χ4v) is 3.30. The van der Waals surface area contributed by atoms with Crippen molar-refractivity contribution in [1.29, 1.82) is 0 Å². The van der Waals surface area contributed by atoms with Crippen LogP contribution in [0.4, 0.5) is 11.4 Å². The van der Waals surface area contributed by atoms with Crippen molar-refractivity contribution in [2.75, 3.05) is 24.7 Å². The number of nitrogens with two attached hydrogens (primary N) is 1. The zero-order valence-electron chi connectivity index (χ0n) is 13.4. The van der Waals surface area contributed by atoms with Gasteiger partial charge in [-0.15, -0.1) is 0 Å². The van der Waals surface area contributed by atoms with Crippen molar-refractivity contribution >= 4 is 17.3 Å². The van der Waals surface area contributed by atoms with Crippen LogP contribution in [-0.2, 0) is 0 Å². The van der Waals surface area contributed by atoms with Crippen LogP contribution in [0.5, 0.6) is 0 Å². The summed E-state index contributed by atoms with van der Waals surface area (Å²) in [5, 5.41) is 2.62. The van der Waals surface area contributed by atoms with Crippen LogP contribution in [0.2, 0.25) is 0 Å². The number of rotatable bonds is 4. The van der Waals surface area contributed by atoms with Crippen molar-refractivity contribution in [2.45, 2.75) is 45.1 Å². The molecule has 0 atom stereocenters. The number of benzene rings is 1. The number of amides is 1. The molecule has 1 fully saturated rings. The fraction of sp³-hybridized carbons (Fsp3) is 0.588. The predicted octanol–water partition coefficient (Wildman–Crippen LogP) is 3.03. The Kier molecular flexibility index (Phi) is 5.10. The zero-order valence-corrected chi connectivity index (χ0v) is 13.4. The zero-order chi connectivity index (χ0) is 15.4.